The molecule has 0 amide bonds. The van der Waals surface area contributed by atoms with Crippen LogP contribution in [0.2, 0.25) is 0 Å². The van der Waals surface area contributed by atoms with Crippen molar-refractivity contribution < 1.29 is 0 Å². The first-order chi connectivity index (χ1) is 14.7. The Labute approximate surface area is 189 Å². The Morgan fingerprint density at radius 2 is 1.90 bits per heavy atom. The lowest BCUT2D eigenvalue weighted by Gasteiger charge is -2.13. The summed E-state index contributed by atoms with van der Waals surface area (Å²) in [5, 5.41) is 15.7. The first-order valence-corrected chi connectivity index (χ1v) is 13.1. The predicted octanol–water partition coefficient (Wildman–Crippen LogP) is 6.63. The second kappa shape index (κ2) is 8.65. The molecule has 1 aliphatic carbocycles. The van der Waals surface area contributed by atoms with Gasteiger partial charge < -0.3 is 4.57 Å². The van der Waals surface area contributed by atoms with Crippen LogP contribution in [-0.4, -0.2) is 19.7 Å². The number of benzene rings is 1. The number of aromatic nitrogens is 4. The normalized spacial score (nSPS) is 13.5. The highest BCUT2D eigenvalue weighted by molar-refractivity contribution is 7.98. The highest BCUT2D eigenvalue weighted by Crippen LogP contribution is 2.37. The standard InChI is InChI=1S/C23H24N4S3/c1-3-27-21(19-14-28-20-11-7-6-10-18(19)20)25-26-23(27)30-13-16-12-29-22(24-16)17-9-5-4-8-15(17)2/h4-5,8-9,12,14H,3,6-7,10-11,13H2,1-2H3. The predicted molar refractivity (Wildman–Crippen MR) is 127 cm³/mol. The van der Waals surface area contributed by atoms with Crippen molar-refractivity contribution in [3.63, 3.8) is 0 Å². The quantitative estimate of drug-likeness (QED) is 0.308. The van der Waals surface area contributed by atoms with E-state index in [4.69, 9.17) is 4.98 Å². The maximum Gasteiger partial charge on any atom is 0.191 e. The van der Waals surface area contributed by atoms with Gasteiger partial charge in [-0.05, 0) is 50.7 Å². The number of rotatable bonds is 6. The lowest BCUT2D eigenvalue weighted by molar-refractivity contribution is 0.680. The molecule has 30 heavy (non-hydrogen) atoms. The van der Waals surface area contributed by atoms with E-state index < -0.39 is 0 Å². The first-order valence-electron chi connectivity index (χ1n) is 10.4. The van der Waals surface area contributed by atoms with E-state index in [0.717, 1.165) is 34.0 Å². The molecular weight excluding hydrogens is 428 g/mol. The lowest BCUT2D eigenvalue weighted by Crippen LogP contribution is -2.03. The van der Waals surface area contributed by atoms with Crippen LogP contribution in [0, 0.1) is 6.92 Å². The fourth-order valence-electron chi connectivity index (χ4n) is 4.01. The van der Waals surface area contributed by atoms with Crippen molar-refractivity contribution in [2.75, 3.05) is 0 Å². The molecule has 0 saturated carbocycles. The number of thiazole rings is 1. The van der Waals surface area contributed by atoms with E-state index in [9.17, 15) is 0 Å². The molecule has 4 nitrogen and oxygen atoms in total. The molecule has 1 aromatic carbocycles. The highest BCUT2D eigenvalue weighted by Gasteiger charge is 2.22. The molecule has 154 valence electrons. The van der Waals surface area contributed by atoms with Gasteiger partial charge in [-0.2, -0.15) is 0 Å². The fourth-order valence-corrected chi connectivity index (χ4v) is 7.04. The minimum atomic E-state index is 0.808. The summed E-state index contributed by atoms with van der Waals surface area (Å²) in [6, 6.07) is 8.43. The zero-order valence-electron chi connectivity index (χ0n) is 17.2. The van der Waals surface area contributed by atoms with Crippen molar-refractivity contribution in [3.05, 3.63) is 56.7 Å². The molecule has 5 rings (SSSR count). The minimum absolute atomic E-state index is 0.808. The van der Waals surface area contributed by atoms with E-state index in [2.05, 4.69) is 63.6 Å². The molecule has 0 unspecified atom stereocenters. The zero-order chi connectivity index (χ0) is 20.5. The van der Waals surface area contributed by atoms with Gasteiger partial charge in [0.25, 0.3) is 0 Å². The van der Waals surface area contributed by atoms with E-state index >= 15 is 0 Å². The molecule has 0 aliphatic heterocycles. The third kappa shape index (κ3) is 3.74. The number of fused-ring (bicyclic) bond motifs is 1. The molecule has 0 bridgehead atoms. The van der Waals surface area contributed by atoms with Crippen LogP contribution < -0.4 is 0 Å². The number of nitrogens with zero attached hydrogens (tertiary/aromatic N) is 4. The Morgan fingerprint density at radius 3 is 2.77 bits per heavy atom. The summed E-state index contributed by atoms with van der Waals surface area (Å²) in [6.07, 6.45) is 4.99. The third-order valence-corrected chi connectivity index (χ3v) is 8.63. The number of hydrogen-bond acceptors (Lipinski definition) is 6. The van der Waals surface area contributed by atoms with E-state index in [-0.39, 0.29) is 0 Å². The number of thioether (sulfide) groups is 1. The van der Waals surface area contributed by atoms with Crippen LogP contribution in [0.15, 0.2) is 40.2 Å². The summed E-state index contributed by atoms with van der Waals surface area (Å²) in [4.78, 5) is 6.41. The molecule has 0 atom stereocenters. The molecule has 0 fully saturated rings. The number of hydrogen-bond donors (Lipinski definition) is 0. The van der Waals surface area contributed by atoms with Crippen molar-refractivity contribution in [1.29, 1.82) is 0 Å². The van der Waals surface area contributed by atoms with E-state index in [1.165, 1.54) is 47.9 Å². The van der Waals surface area contributed by atoms with Crippen molar-refractivity contribution in [3.8, 4) is 22.0 Å². The first kappa shape index (κ1) is 20.0. The van der Waals surface area contributed by atoms with Crippen LogP contribution >= 0.6 is 34.4 Å². The number of thiophene rings is 1. The highest BCUT2D eigenvalue weighted by atomic mass is 32.2. The molecule has 0 radical (unpaired) electrons. The van der Waals surface area contributed by atoms with E-state index in [1.54, 1.807) is 28.0 Å². The third-order valence-electron chi connectivity index (χ3n) is 5.61. The summed E-state index contributed by atoms with van der Waals surface area (Å²) < 4.78 is 2.26. The molecule has 0 N–H and O–H groups in total. The van der Waals surface area contributed by atoms with Crippen molar-refractivity contribution in [1.82, 2.24) is 19.7 Å². The van der Waals surface area contributed by atoms with Gasteiger partial charge in [0.1, 0.15) is 5.01 Å². The van der Waals surface area contributed by atoms with Crippen molar-refractivity contribution in [2.24, 2.45) is 0 Å². The topological polar surface area (TPSA) is 43.6 Å². The van der Waals surface area contributed by atoms with Crippen LogP contribution in [0.3, 0.4) is 0 Å². The molecule has 1 aliphatic rings. The molecule has 3 heterocycles. The van der Waals surface area contributed by atoms with Crippen LogP contribution in [-0.2, 0) is 25.1 Å². The summed E-state index contributed by atoms with van der Waals surface area (Å²) in [7, 11) is 0. The molecule has 4 aromatic rings. The van der Waals surface area contributed by atoms with Crippen molar-refractivity contribution >= 4 is 34.4 Å². The summed E-state index contributed by atoms with van der Waals surface area (Å²) >= 11 is 5.34. The Hall–Kier alpha value is -1.96. The zero-order valence-corrected chi connectivity index (χ0v) is 19.7. The maximum absolute atomic E-state index is 4.87. The van der Waals surface area contributed by atoms with Gasteiger partial charge >= 0.3 is 0 Å². The molecular formula is C23H24N4S3. The van der Waals surface area contributed by atoms with Gasteiger partial charge in [0.05, 0.1) is 5.69 Å². The molecule has 3 aromatic heterocycles. The van der Waals surface area contributed by atoms with Gasteiger partial charge in [-0.1, -0.05) is 36.0 Å². The molecule has 0 spiro atoms. The summed E-state index contributed by atoms with van der Waals surface area (Å²) in [6.45, 7) is 5.19. The number of aryl methyl sites for hydroxylation is 2. The average molecular weight is 453 g/mol. The Morgan fingerprint density at radius 1 is 1.03 bits per heavy atom. The fraction of sp³-hybridized carbons (Fsp3) is 0.348. The van der Waals surface area contributed by atoms with Gasteiger partial charge in [-0.25, -0.2) is 4.98 Å². The van der Waals surface area contributed by atoms with E-state index in [1.807, 2.05) is 11.3 Å². The van der Waals surface area contributed by atoms with Gasteiger partial charge in [0, 0.05) is 39.1 Å². The van der Waals surface area contributed by atoms with Gasteiger partial charge in [0.15, 0.2) is 11.0 Å². The van der Waals surface area contributed by atoms with Crippen LogP contribution in [0.4, 0.5) is 0 Å². The van der Waals surface area contributed by atoms with Crippen LogP contribution in [0.1, 0.15) is 41.5 Å². The SMILES string of the molecule is CCn1c(SCc2csc(-c3ccccc3C)n2)nnc1-c1csc2c1CCCC2. The Bertz CT molecular complexity index is 1170. The second-order valence-electron chi connectivity index (χ2n) is 7.56. The van der Waals surface area contributed by atoms with E-state index in [0.29, 0.717) is 0 Å². The molecule has 7 heteroatoms. The summed E-state index contributed by atoms with van der Waals surface area (Å²) in [5.74, 6) is 1.83. The monoisotopic (exact) mass is 452 g/mol. The van der Waals surface area contributed by atoms with Gasteiger partial charge in [-0.15, -0.1) is 32.9 Å². The second-order valence-corrected chi connectivity index (χ2v) is 10.3. The molecule has 0 saturated heterocycles. The summed E-state index contributed by atoms with van der Waals surface area (Å²) in [5.41, 5.74) is 6.39. The van der Waals surface area contributed by atoms with Crippen molar-refractivity contribution in [2.45, 2.75) is 57.0 Å². The Kier molecular flexibility index (Phi) is 5.76. The minimum Gasteiger partial charge on any atom is -0.302 e. The van der Waals surface area contributed by atoms with Gasteiger partial charge in [-0.3, -0.25) is 0 Å². The van der Waals surface area contributed by atoms with Crippen LogP contribution in [0.25, 0.3) is 22.0 Å². The van der Waals surface area contributed by atoms with Gasteiger partial charge in [0.2, 0.25) is 0 Å². The van der Waals surface area contributed by atoms with Crippen LogP contribution in [0.5, 0.6) is 0 Å². The average Bonchev–Trinajstić information content (AvgIpc) is 3.50. The Balaban J connectivity index is 1.36. The smallest absolute Gasteiger partial charge is 0.191 e. The largest absolute Gasteiger partial charge is 0.302 e. The lowest BCUT2D eigenvalue weighted by atomic mass is 9.96. The maximum atomic E-state index is 4.87.